The van der Waals surface area contributed by atoms with E-state index in [0.29, 0.717) is 5.02 Å². The molecule has 0 spiro atoms. The predicted molar refractivity (Wildman–Crippen MR) is 84.2 cm³/mol. The van der Waals surface area contributed by atoms with E-state index in [-0.39, 0.29) is 5.41 Å². The number of hydrogen-bond acceptors (Lipinski definition) is 2. The summed E-state index contributed by atoms with van der Waals surface area (Å²) in [6, 6.07) is 8.12. The summed E-state index contributed by atoms with van der Waals surface area (Å²) in [5.74, 6) is 0.954. The minimum atomic E-state index is 0.0551. The minimum Gasteiger partial charge on any atom is -0.370 e. The molecular formula is C16H21ClN2. The number of benzene rings is 1. The molecule has 0 radical (unpaired) electrons. The molecule has 0 aliphatic carbocycles. The van der Waals surface area contributed by atoms with E-state index in [1.165, 1.54) is 5.56 Å². The Hall–Kier alpha value is -1.28. The molecule has 0 amide bonds. The Morgan fingerprint density at radius 3 is 2.63 bits per heavy atom. The van der Waals surface area contributed by atoms with Gasteiger partial charge in [-0.1, -0.05) is 51.4 Å². The minimum absolute atomic E-state index is 0.0551. The SMILES string of the molecule is CCCNc1nc2c(Cl)cccc2cc1C(C)(C)C. The maximum atomic E-state index is 6.24. The highest BCUT2D eigenvalue weighted by atomic mass is 35.5. The van der Waals surface area contributed by atoms with Crippen molar-refractivity contribution in [3.05, 3.63) is 34.9 Å². The van der Waals surface area contributed by atoms with Crippen LogP contribution in [-0.4, -0.2) is 11.5 Å². The molecule has 1 heterocycles. The van der Waals surface area contributed by atoms with Crippen molar-refractivity contribution in [2.24, 2.45) is 0 Å². The molecule has 0 aliphatic rings. The number of pyridine rings is 1. The maximum absolute atomic E-state index is 6.24. The third kappa shape index (κ3) is 3.01. The summed E-state index contributed by atoms with van der Waals surface area (Å²) in [6.07, 6.45) is 1.08. The van der Waals surface area contributed by atoms with E-state index < -0.39 is 0 Å². The lowest BCUT2D eigenvalue weighted by molar-refractivity contribution is 0.590. The summed E-state index contributed by atoms with van der Waals surface area (Å²) in [5.41, 5.74) is 2.16. The van der Waals surface area contributed by atoms with Crippen molar-refractivity contribution in [2.75, 3.05) is 11.9 Å². The van der Waals surface area contributed by atoms with Crippen molar-refractivity contribution < 1.29 is 0 Å². The van der Waals surface area contributed by atoms with Gasteiger partial charge in [-0.15, -0.1) is 0 Å². The van der Waals surface area contributed by atoms with Crippen LogP contribution in [0.2, 0.25) is 5.02 Å². The Morgan fingerprint density at radius 2 is 2.00 bits per heavy atom. The van der Waals surface area contributed by atoms with E-state index in [1.54, 1.807) is 0 Å². The van der Waals surface area contributed by atoms with Crippen LogP contribution in [0, 0.1) is 0 Å². The van der Waals surface area contributed by atoms with E-state index in [2.05, 4.69) is 45.1 Å². The molecule has 1 aromatic heterocycles. The zero-order chi connectivity index (χ0) is 14.0. The van der Waals surface area contributed by atoms with E-state index in [4.69, 9.17) is 16.6 Å². The standard InChI is InChI=1S/C16H21ClN2/c1-5-9-18-15-12(16(2,3)4)10-11-7-6-8-13(17)14(11)19-15/h6-8,10H,5,9H2,1-4H3,(H,18,19). The molecule has 19 heavy (non-hydrogen) atoms. The van der Waals surface area contributed by atoms with Gasteiger partial charge in [0.15, 0.2) is 0 Å². The van der Waals surface area contributed by atoms with Gasteiger partial charge in [0.2, 0.25) is 0 Å². The van der Waals surface area contributed by atoms with Gasteiger partial charge in [0.25, 0.3) is 0 Å². The number of nitrogens with zero attached hydrogens (tertiary/aromatic N) is 1. The van der Waals surface area contributed by atoms with Gasteiger partial charge in [-0.3, -0.25) is 0 Å². The van der Waals surface area contributed by atoms with Gasteiger partial charge in [-0.05, 0) is 24.0 Å². The molecule has 1 N–H and O–H groups in total. The number of aromatic nitrogens is 1. The Kier molecular flexibility index (Phi) is 4.00. The second-order valence-electron chi connectivity index (χ2n) is 5.87. The molecule has 2 rings (SSSR count). The van der Waals surface area contributed by atoms with Crippen LogP contribution in [0.4, 0.5) is 5.82 Å². The second-order valence-corrected chi connectivity index (χ2v) is 6.28. The zero-order valence-electron chi connectivity index (χ0n) is 12.0. The first-order valence-electron chi connectivity index (χ1n) is 6.77. The van der Waals surface area contributed by atoms with Crippen molar-refractivity contribution in [3.8, 4) is 0 Å². The summed E-state index contributed by atoms with van der Waals surface area (Å²) < 4.78 is 0. The van der Waals surface area contributed by atoms with Crippen molar-refractivity contribution in [3.63, 3.8) is 0 Å². The van der Waals surface area contributed by atoms with E-state index in [0.717, 1.165) is 29.7 Å². The monoisotopic (exact) mass is 276 g/mol. The highest BCUT2D eigenvalue weighted by molar-refractivity contribution is 6.35. The van der Waals surface area contributed by atoms with E-state index in [9.17, 15) is 0 Å². The highest BCUT2D eigenvalue weighted by Crippen LogP contribution is 2.33. The van der Waals surface area contributed by atoms with Crippen LogP contribution in [-0.2, 0) is 5.41 Å². The molecule has 0 unspecified atom stereocenters. The van der Waals surface area contributed by atoms with Gasteiger partial charge >= 0.3 is 0 Å². The zero-order valence-corrected chi connectivity index (χ0v) is 12.8. The van der Waals surface area contributed by atoms with Crippen LogP contribution in [0.1, 0.15) is 39.7 Å². The Balaban J connectivity index is 2.63. The van der Waals surface area contributed by atoms with Crippen LogP contribution < -0.4 is 5.32 Å². The third-order valence-electron chi connectivity index (χ3n) is 3.15. The van der Waals surface area contributed by atoms with Crippen LogP contribution in [0.15, 0.2) is 24.3 Å². The molecule has 2 nitrogen and oxygen atoms in total. The number of anilines is 1. The quantitative estimate of drug-likeness (QED) is 0.852. The summed E-state index contributed by atoms with van der Waals surface area (Å²) >= 11 is 6.24. The van der Waals surface area contributed by atoms with Crippen molar-refractivity contribution in [1.82, 2.24) is 4.98 Å². The highest BCUT2D eigenvalue weighted by Gasteiger charge is 2.20. The largest absolute Gasteiger partial charge is 0.370 e. The van der Waals surface area contributed by atoms with Crippen LogP contribution >= 0.6 is 11.6 Å². The Morgan fingerprint density at radius 1 is 1.26 bits per heavy atom. The number of fused-ring (bicyclic) bond motifs is 1. The lowest BCUT2D eigenvalue weighted by Crippen LogP contribution is -2.16. The van der Waals surface area contributed by atoms with Gasteiger partial charge in [0.05, 0.1) is 10.5 Å². The molecule has 1 aromatic carbocycles. The fourth-order valence-electron chi connectivity index (χ4n) is 2.11. The van der Waals surface area contributed by atoms with E-state index >= 15 is 0 Å². The summed E-state index contributed by atoms with van der Waals surface area (Å²) in [4.78, 5) is 4.74. The predicted octanol–water partition coefficient (Wildman–Crippen LogP) is 5.01. The number of hydrogen-bond donors (Lipinski definition) is 1. The average Bonchev–Trinajstić information content (AvgIpc) is 2.35. The van der Waals surface area contributed by atoms with Crippen LogP contribution in [0.3, 0.4) is 0 Å². The molecule has 0 saturated heterocycles. The maximum Gasteiger partial charge on any atom is 0.130 e. The molecular weight excluding hydrogens is 256 g/mol. The van der Waals surface area contributed by atoms with Gasteiger partial charge < -0.3 is 5.32 Å². The summed E-state index contributed by atoms with van der Waals surface area (Å²) in [7, 11) is 0. The van der Waals surface area contributed by atoms with Crippen LogP contribution in [0.25, 0.3) is 10.9 Å². The molecule has 102 valence electrons. The van der Waals surface area contributed by atoms with Gasteiger partial charge in [0, 0.05) is 17.5 Å². The Labute approximate surface area is 120 Å². The number of para-hydroxylation sites is 1. The molecule has 2 aromatic rings. The topological polar surface area (TPSA) is 24.9 Å². The second kappa shape index (κ2) is 5.38. The van der Waals surface area contributed by atoms with Gasteiger partial charge in [-0.2, -0.15) is 0 Å². The van der Waals surface area contributed by atoms with Crippen LogP contribution in [0.5, 0.6) is 0 Å². The fraction of sp³-hybridized carbons (Fsp3) is 0.438. The first-order valence-corrected chi connectivity index (χ1v) is 7.15. The van der Waals surface area contributed by atoms with E-state index in [1.807, 2.05) is 12.1 Å². The first-order chi connectivity index (χ1) is 8.93. The smallest absolute Gasteiger partial charge is 0.130 e. The van der Waals surface area contributed by atoms with Gasteiger partial charge in [0.1, 0.15) is 5.82 Å². The number of halogens is 1. The summed E-state index contributed by atoms with van der Waals surface area (Å²) in [5, 5.41) is 5.22. The van der Waals surface area contributed by atoms with Crippen molar-refractivity contribution >= 4 is 28.3 Å². The molecule has 0 atom stereocenters. The molecule has 0 bridgehead atoms. The first kappa shape index (κ1) is 14.1. The normalized spacial score (nSPS) is 11.8. The molecule has 0 aliphatic heterocycles. The summed E-state index contributed by atoms with van der Waals surface area (Å²) in [6.45, 7) is 9.69. The molecule has 0 saturated carbocycles. The molecule has 3 heteroatoms. The van der Waals surface area contributed by atoms with Crippen molar-refractivity contribution in [2.45, 2.75) is 39.5 Å². The third-order valence-corrected chi connectivity index (χ3v) is 3.45. The lowest BCUT2D eigenvalue weighted by atomic mass is 9.86. The average molecular weight is 277 g/mol. The Bertz CT molecular complexity index is 585. The molecule has 0 fully saturated rings. The van der Waals surface area contributed by atoms with Crippen molar-refractivity contribution in [1.29, 1.82) is 0 Å². The van der Waals surface area contributed by atoms with Gasteiger partial charge in [-0.25, -0.2) is 4.98 Å². The fourth-order valence-corrected chi connectivity index (χ4v) is 2.34. The number of rotatable bonds is 3. The number of nitrogens with one attached hydrogen (secondary N) is 1. The lowest BCUT2D eigenvalue weighted by Gasteiger charge is -2.23.